The molecule has 2 rings (SSSR count). The van der Waals surface area contributed by atoms with Gasteiger partial charge in [-0.15, -0.1) is 0 Å². The predicted octanol–water partition coefficient (Wildman–Crippen LogP) is 4.08. The van der Waals surface area contributed by atoms with Gasteiger partial charge in [0.1, 0.15) is 0 Å². The molecule has 0 radical (unpaired) electrons. The van der Waals surface area contributed by atoms with E-state index < -0.39 is 10.0 Å². The van der Waals surface area contributed by atoms with Crippen molar-refractivity contribution >= 4 is 33.2 Å². The Hall–Kier alpha value is -2.05. The average molecular weight is 395 g/mol. The number of carbonyl (C=O) groups is 1. The highest BCUT2D eigenvalue weighted by atomic mass is 35.5. The van der Waals surface area contributed by atoms with E-state index in [1.165, 1.54) is 17.0 Å². The summed E-state index contributed by atoms with van der Waals surface area (Å²) in [7, 11) is -0.688. The van der Waals surface area contributed by atoms with Gasteiger partial charge >= 0.3 is 0 Å². The molecule has 0 unspecified atom stereocenters. The number of hydrogen-bond donors (Lipinski definition) is 1. The van der Waals surface area contributed by atoms with E-state index in [1.54, 1.807) is 34.0 Å². The van der Waals surface area contributed by atoms with E-state index in [1.807, 2.05) is 19.9 Å². The molecule has 0 heterocycles. The monoisotopic (exact) mass is 394 g/mol. The lowest BCUT2D eigenvalue weighted by molar-refractivity contribution is 0.0828. The first-order valence-corrected chi connectivity index (χ1v) is 9.93. The van der Waals surface area contributed by atoms with Crippen LogP contribution in [0, 0.1) is 27.7 Å². The molecule has 7 heteroatoms. The number of carbonyl (C=O) groups excluding carboxylic acids is 1. The maximum absolute atomic E-state index is 13.1. The fourth-order valence-electron chi connectivity index (χ4n) is 2.81. The number of amides is 1. The molecule has 0 aliphatic rings. The van der Waals surface area contributed by atoms with Crippen LogP contribution in [0.25, 0.3) is 0 Å². The summed E-state index contributed by atoms with van der Waals surface area (Å²) in [5.74, 6) is -0.312. The van der Waals surface area contributed by atoms with E-state index in [-0.39, 0.29) is 22.1 Å². The number of aryl methyl sites for hydroxylation is 2. The van der Waals surface area contributed by atoms with Gasteiger partial charge in [-0.3, -0.25) is 9.52 Å². The molecule has 140 valence electrons. The van der Waals surface area contributed by atoms with Crippen molar-refractivity contribution in [2.45, 2.75) is 32.6 Å². The van der Waals surface area contributed by atoms with Crippen molar-refractivity contribution < 1.29 is 13.2 Å². The van der Waals surface area contributed by atoms with Crippen molar-refractivity contribution in [3.8, 4) is 0 Å². The normalized spacial score (nSPS) is 11.3. The van der Waals surface area contributed by atoms with Gasteiger partial charge < -0.3 is 4.90 Å². The van der Waals surface area contributed by atoms with Gasteiger partial charge in [0.2, 0.25) is 0 Å². The van der Waals surface area contributed by atoms with Crippen LogP contribution in [-0.4, -0.2) is 33.3 Å². The third-order valence-electron chi connectivity index (χ3n) is 4.43. The summed E-state index contributed by atoms with van der Waals surface area (Å²) in [4.78, 5) is 14.0. The Morgan fingerprint density at radius 3 is 2.04 bits per heavy atom. The zero-order chi connectivity index (χ0) is 19.8. The first-order chi connectivity index (χ1) is 12.0. The second kappa shape index (κ2) is 7.29. The van der Waals surface area contributed by atoms with Crippen molar-refractivity contribution in [1.29, 1.82) is 0 Å². The third-order valence-corrected chi connectivity index (χ3v) is 6.30. The Kier molecular flexibility index (Phi) is 5.68. The van der Waals surface area contributed by atoms with Gasteiger partial charge in [-0.05, 0) is 68.1 Å². The van der Waals surface area contributed by atoms with Crippen LogP contribution < -0.4 is 4.72 Å². The molecular weight excluding hydrogens is 372 g/mol. The fraction of sp³-hybridized carbons (Fsp3) is 0.316. The highest BCUT2D eigenvalue weighted by Gasteiger charge is 2.24. The van der Waals surface area contributed by atoms with Crippen molar-refractivity contribution in [1.82, 2.24) is 4.90 Å². The summed E-state index contributed by atoms with van der Waals surface area (Å²) >= 11 is 6.03. The Labute approximate surface area is 160 Å². The molecule has 1 N–H and O–H groups in total. The molecule has 0 bridgehead atoms. The fourth-order valence-corrected chi connectivity index (χ4v) is 4.67. The number of nitrogens with zero attached hydrogens (tertiary/aromatic N) is 1. The summed E-state index contributed by atoms with van der Waals surface area (Å²) < 4.78 is 28.8. The lowest BCUT2D eigenvalue weighted by Crippen LogP contribution is -2.24. The molecule has 0 aliphatic carbocycles. The van der Waals surface area contributed by atoms with Gasteiger partial charge in [-0.25, -0.2) is 8.42 Å². The van der Waals surface area contributed by atoms with E-state index >= 15 is 0 Å². The summed E-state index contributed by atoms with van der Waals surface area (Å²) in [6.45, 7) is 7.31. The third kappa shape index (κ3) is 3.86. The van der Waals surface area contributed by atoms with Crippen molar-refractivity contribution in [3.63, 3.8) is 0 Å². The first kappa shape index (κ1) is 20.3. The smallest absolute Gasteiger partial charge is 0.262 e. The lowest BCUT2D eigenvalue weighted by atomic mass is 10.0. The average Bonchev–Trinajstić information content (AvgIpc) is 2.52. The van der Waals surface area contributed by atoms with Crippen LogP contribution in [0.3, 0.4) is 0 Å². The Morgan fingerprint density at radius 1 is 1.00 bits per heavy atom. The summed E-state index contributed by atoms with van der Waals surface area (Å²) in [6.07, 6.45) is 0. The second-order valence-electron chi connectivity index (χ2n) is 6.58. The number of halogens is 1. The van der Waals surface area contributed by atoms with Crippen LogP contribution in [0.4, 0.5) is 5.69 Å². The quantitative estimate of drug-likeness (QED) is 0.849. The first-order valence-electron chi connectivity index (χ1n) is 8.07. The summed E-state index contributed by atoms with van der Waals surface area (Å²) in [5.41, 5.74) is 3.55. The molecule has 0 saturated carbocycles. The molecule has 0 fully saturated rings. The number of rotatable bonds is 4. The van der Waals surface area contributed by atoms with E-state index in [0.29, 0.717) is 16.1 Å². The SMILES string of the molecule is Cc1cc(C)c(C)c(S(=O)(=O)Nc2cc(Cl)ccc2C(=O)N(C)C)c1C. The van der Waals surface area contributed by atoms with Crippen molar-refractivity contribution in [3.05, 3.63) is 57.1 Å². The Balaban J connectivity index is 2.63. The molecule has 0 aliphatic heterocycles. The van der Waals surface area contributed by atoms with Gasteiger partial charge in [0.25, 0.3) is 15.9 Å². The molecule has 2 aromatic rings. The van der Waals surface area contributed by atoms with E-state index in [0.717, 1.165) is 11.1 Å². The molecule has 5 nitrogen and oxygen atoms in total. The van der Waals surface area contributed by atoms with Crippen LogP contribution in [0.15, 0.2) is 29.2 Å². The highest BCUT2D eigenvalue weighted by molar-refractivity contribution is 7.92. The Morgan fingerprint density at radius 2 is 1.54 bits per heavy atom. The predicted molar refractivity (Wildman–Crippen MR) is 106 cm³/mol. The molecule has 0 aromatic heterocycles. The van der Waals surface area contributed by atoms with Gasteiger partial charge in [0, 0.05) is 19.1 Å². The van der Waals surface area contributed by atoms with Crippen LogP contribution in [-0.2, 0) is 10.0 Å². The van der Waals surface area contributed by atoms with Gasteiger partial charge in [-0.1, -0.05) is 17.7 Å². The summed E-state index contributed by atoms with van der Waals surface area (Å²) in [6, 6.07) is 6.49. The van der Waals surface area contributed by atoms with Crippen molar-refractivity contribution in [2.24, 2.45) is 0 Å². The number of hydrogen-bond acceptors (Lipinski definition) is 3. The highest BCUT2D eigenvalue weighted by Crippen LogP contribution is 2.30. The molecule has 0 saturated heterocycles. The van der Waals surface area contributed by atoms with Crippen LogP contribution in [0.5, 0.6) is 0 Å². The topological polar surface area (TPSA) is 66.5 Å². The maximum atomic E-state index is 13.1. The van der Waals surface area contributed by atoms with Crippen molar-refractivity contribution in [2.75, 3.05) is 18.8 Å². The van der Waals surface area contributed by atoms with Gasteiger partial charge in [-0.2, -0.15) is 0 Å². The maximum Gasteiger partial charge on any atom is 0.262 e. The van der Waals surface area contributed by atoms with E-state index in [9.17, 15) is 13.2 Å². The van der Waals surface area contributed by atoms with Crippen LogP contribution >= 0.6 is 11.6 Å². The molecule has 2 aromatic carbocycles. The zero-order valence-corrected chi connectivity index (χ0v) is 17.3. The number of benzene rings is 2. The standard InChI is InChI=1S/C19H23ClN2O3S/c1-11-9-12(2)14(4)18(13(11)3)26(24,25)21-17-10-15(20)7-8-16(17)19(23)22(5)6/h7-10,21H,1-6H3. The number of nitrogens with one attached hydrogen (secondary N) is 1. The molecule has 0 spiro atoms. The lowest BCUT2D eigenvalue weighted by Gasteiger charge is -2.19. The minimum Gasteiger partial charge on any atom is -0.345 e. The van der Waals surface area contributed by atoms with Crippen LogP contribution in [0.1, 0.15) is 32.6 Å². The van der Waals surface area contributed by atoms with Gasteiger partial charge in [0.15, 0.2) is 0 Å². The minimum absolute atomic E-state index is 0.161. The van der Waals surface area contributed by atoms with Gasteiger partial charge in [0.05, 0.1) is 16.1 Å². The second-order valence-corrected chi connectivity index (χ2v) is 8.64. The Bertz CT molecular complexity index is 957. The number of anilines is 1. The molecule has 1 amide bonds. The molecule has 26 heavy (non-hydrogen) atoms. The van der Waals surface area contributed by atoms with E-state index in [2.05, 4.69) is 4.72 Å². The molecular formula is C19H23ClN2O3S. The number of sulfonamides is 1. The van der Waals surface area contributed by atoms with E-state index in [4.69, 9.17) is 11.6 Å². The summed E-state index contributed by atoms with van der Waals surface area (Å²) in [5, 5.41) is 0.340. The zero-order valence-electron chi connectivity index (χ0n) is 15.8. The molecule has 0 atom stereocenters. The van der Waals surface area contributed by atoms with Crippen LogP contribution in [0.2, 0.25) is 5.02 Å². The largest absolute Gasteiger partial charge is 0.345 e. The minimum atomic E-state index is -3.90.